The molecule has 2 saturated heterocycles. The molecule has 3 fully saturated rings. The molecule has 5 rings (SSSR count). The summed E-state index contributed by atoms with van der Waals surface area (Å²) >= 11 is 0. The maximum absolute atomic E-state index is 13.0. The van der Waals surface area contributed by atoms with E-state index >= 15 is 0 Å². The lowest BCUT2D eigenvalue weighted by Crippen LogP contribution is -2.73. The molecule has 0 bridgehead atoms. The van der Waals surface area contributed by atoms with Crippen LogP contribution >= 0.6 is 0 Å². The number of urea groups is 1. The summed E-state index contributed by atoms with van der Waals surface area (Å²) < 4.78 is 5.31. The minimum absolute atomic E-state index is 0.0175. The van der Waals surface area contributed by atoms with Crippen LogP contribution in [-0.4, -0.2) is 65.7 Å². The highest BCUT2D eigenvalue weighted by Crippen LogP contribution is 2.43. The number of carbonyl (C=O) groups is 2. The van der Waals surface area contributed by atoms with Gasteiger partial charge >= 0.3 is 6.03 Å². The fourth-order valence-corrected chi connectivity index (χ4v) is 4.80. The Morgan fingerprint density at radius 2 is 1.94 bits per heavy atom. The third-order valence-corrected chi connectivity index (χ3v) is 6.68. The predicted octanol–water partition coefficient (Wildman–Crippen LogP) is 2.66. The predicted molar refractivity (Wildman–Crippen MR) is 124 cm³/mol. The van der Waals surface area contributed by atoms with Crippen molar-refractivity contribution in [2.45, 2.75) is 30.8 Å². The van der Waals surface area contributed by atoms with Crippen molar-refractivity contribution in [2.24, 2.45) is 5.92 Å². The summed E-state index contributed by atoms with van der Waals surface area (Å²) in [6.07, 6.45) is 2.38. The third kappa shape index (κ3) is 4.14. The first-order valence-corrected chi connectivity index (χ1v) is 11.3. The first-order valence-electron chi connectivity index (χ1n) is 11.3. The van der Waals surface area contributed by atoms with E-state index in [0.29, 0.717) is 23.9 Å². The lowest BCUT2D eigenvalue weighted by atomic mass is 9.73. The van der Waals surface area contributed by atoms with Crippen LogP contribution in [0.5, 0.6) is 5.75 Å². The second-order valence-corrected chi connectivity index (χ2v) is 8.82. The molecule has 0 unspecified atom stereocenters. The molecule has 0 radical (unpaired) electrons. The fourth-order valence-electron chi connectivity index (χ4n) is 4.80. The molecule has 2 aromatic carbocycles. The van der Waals surface area contributed by atoms with Gasteiger partial charge in [-0.25, -0.2) is 4.79 Å². The van der Waals surface area contributed by atoms with Crippen molar-refractivity contribution in [3.63, 3.8) is 0 Å². The number of para-hydroxylation sites is 2. The molecule has 0 aromatic heterocycles. The number of nitrogens with zero attached hydrogens (tertiary/aromatic N) is 2. The average molecular weight is 446 g/mol. The molecule has 2 heterocycles. The van der Waals surface area contributed by atoms with E-state index in [0.717, 1.165) is 11.1 Å². The highest BCUT2D eigenvalue weighted by molar-refractivity contribution is 5.94. The molecular weight excluding hydrogens is 418 g/mol. The van der Waals surface area contributed by atoms with Gasteiger partial charge in [-0.3, -0.25) is 4.79 Å². The summed E-state index contributed by atoms with van der Waals surface area (Å²) in [7, 11) is 1.55. The van der Waals surface area contributed by atoms with Crippen LogP contribution in [0.2, 0.25) is 0 Å². The molecule has 2 aromatic rings. The summed E-state index contributed by atoms with van der Waals surface area (Å²) in [4.78, 5) is 29.1. The topological polar surface area (TPSA) is 82.1 Å². The second-order valence-electron chi connectivity index (χ2n) is 8.82. The highest BCUT2D eigenvalue weighted by Gasteiger charge is 2.54. The zero-order valence-electron chi connectivity index (χ0n) is 18.5. The van der Waals surface area contributed by atoms with Gasteiger partial charge < -0.3 is 25.0 Å². The maximum atomic E-state index is 13.0. The van der Waals surface area contributed by atoms with Crippen LogP contribution in [0.25, 0.3) is 0 Å². The molecule has 7 heteroatoms. The third-order valence-electron chi connectivity index (χ3n) is 6.68. The SMILES string of the molecule is COc1ccccc1NC(=O)N1CC(=O)N2[C@H](C1)[C@@H](c1ccc(C#CC3CC3)cc1)[C@@H]2CO. The number of anilines is 1. The monoisotopic (exact) mass is 445 g/mol. The van der Waals surface area contributed by atoms with E-state index in [-0.39, 0.29) is 43.1 Å². The van der Waals surface area contributed by atoms with E-state index in [1.807, 2.05) is 36.4 Å². The molecule has 33 heavy (non-hydrogen) atoms. The Kier molecular flexibility index (Phi) is 5.69. The van der Waals surface area contributed by atoms with Gasteiger partial charge in [-0.15, -0.1) is 0 Å². The minimum Gasteiger partial charge on any atom is -0.495 e. The summed E-state index contributed by atoms with van der Waals surface area (Å²) in [6, 6.07) is 14.4. The molecule has 3 amide bonds. The van der Waals surface area contributed by atoms with Crippen LogP contribution in [0.3, 0.4) is 0 Å². The zero-order chi connectivity index (χ0) is 22.9. The van der Waals surface area contributed by atoms with E-state index < -0.39 is 0 Å². The van der Waals surface area contributed by atoms with Gasteiger partial charge in [0.25, 0.3) is 0 Å². The second kappa shape index (κ2) is 8.80. The highest BCUT2D eigenvalue weighted by atomic mass is 16.5. The fraction of sp³-hybridized carbons (Fsp3) is 0.385. The Balaban J connectivity index is 1.31. The smallest absolute Gasteiger partial charge is 0.322 e. The Hall–Kier alpha value is -3.50. The number of benzene rings is 2. The summed E-state index contributed by atoms with van der Waals surface area (Å²) in [5.74, 6) is 7.40. The van der Waals surface area contributed by atoms with Crippen molar-refractivity contribution in [3.8, 4) is 17.6 Å². The number of fused-ring (bicyclic) bond motifs is 1. The zero-order valence-corrected chi connectivity index (χ0v) is 18.5. The Morgan fingerprint density at radius 1 is 1.18 bits per heavy atom. The van der Waals surface area contributed by atoms with Crippen LogP contribution < -0.4 is 10.1 Å². The number of piperazine rings is 1. The van der Waals surface area contributed by atoms with Crippen molar-refractivity contribution in [3.05, 3.63) is 59.7 Å². The van der Waals surface area contributed by atoms with Gasteiger partial charge in [-0.2, -0.15) is 0 Å². The average Bonchev–Trinajstić information content (AvgIpc) is 3.64. The van der Waals surface area contributed by atoms with Crippen LogP contribution in [0.4, 0.5) is 10.5 Å². The number of ether oxygens (including phenoxy) is 1. The summed E-state index contributed by atoms with van der Waals surface area (Å²) in [5.41, 5.74) is 2.58. The number of methoxy groups -OCH3 is 1. The number of rotatable bonds is 4. The number of hydrogen-bond donors (Lipinski definition) is 2. The van der Waals surface area contributed by atoms with E-state index in [4.69, 9.17) is 4.74 Å². The molecule has 0 spiro atoms. The van der Waals surface area contributed by atoms with Crippen LogP contribution in [0, 0.1) is 17.8 Å². The normalized spacial score (nSPS) is 23.7. The summed E-state index contributed by atoms with van der Waals surface area (Å²) in [5, 5.41) is 12.8. The summed E-state index contributed by atoms with van der Waals surface area (Å²) in [6.45, 7) is 0.275. The molecule has 1 aliphatic carbocycles. The van der Waals surface area contributed by atoms with Gasteiger partial charge in [0, 0.05) is 23.9 Å². The van der Waals surface area contributed by atoms with Crippen molar-refractivity contribution in [1.82, 2.24) is 9.80 Å². The van der Waals surface area contributed by atoms with E-state index in [2.05, 4.69) is 17.2 Å². The van der Waals surface area contributed by atoms with Gasteiger partial charge in [0.1, 0.15) is 12.3 Å². The molecule has 2 N–H and O–H groups in total. The van der Waals surface area contributed by atoms with Gasteiger partial charge in [0.05, 0.1) is 31.5 Å². The first kappa shape index (κ1) is 21.4. The van der Waals surface area contributed by atoms with E-state index in [9.17, 15) is 14.7 Å². The Labute approximate surface area is 193 Å². The number of nitrogens with one attached hydrogen (secondary N) is 1. The lowest BCUT2D eigenvalue weighted by molar-refractivity contribution is -0.159. The van der Waals surface area contributed by atoms with Crippen LogP contribution in [-0.2, 0) is 4.79 Å². The molecule has 1 saturated carbocycles. The largest absolute Gasteiger partial charge is 0.495 e. The van der Waals surface area contributed by atoms with E-state index in [1.54, 1.807) is 24.1 Å². The minimum atomic E-state index is -0.343. The lowest BCUT2D eigenvalue weighted by Gasteiger charge is -2.58. The van der Waals surface area contributed by atoms with Gasteiger partial charge in [-0.1, -0.05) is 36.1 Å². The number of carbonyl (C=O) groups excluding carboxylic acids is 2. The van der Waals surface area contributed by atoms with Gasteiger partial charge in [0.2, 0.25) is 5.91 Å². The van der Waals surface area contributed by atoms with Crippen LogP contribution in [0.1, 0.15) is 29.9 Å². The number of aliphatic hydroxyl groups is 1. The van der Waals surface area contributed by atoms with Crippen molar-refractivity contribution in [2.75, 3.05) is 32.1 Å². The molecule has 2 aliphatic heterocycles. The Morgan fingerprint density at radius 3 is 2.64 bits per heavy atom. The van der Waals surface area contributed by atoms with Crippen LogP contribution in [0.15, 0.2) is 48.5 Å². The first-order chi connectivity index (χ1) is 16.1. The van der Waals surface area contributed by atoms with Crippen molar-refractivity contribution < 1.29 is 19.4 Å². The van der Waals surface area contributed by atoms with E-state index in [1.165, 1.54) is 17.7 Å². The number of aliphatic hydroxyl groups excluding tert-OH is 1. The molecule has 7 nitrogen and oxygen atoms in total. The van der Waals surface area contributed by atoms with Gasteiger partial charge in [0.15, 0.2) is 0 Å². The number of hydrogen-bond acceptors (Lipinski definition) is 4. The molecule has 3 atom stereocenters. The maximum Gasteiger partial charge on any atom is 0.322 e. The quantitative estimate of drug-likeness (QED) is 0.709. The van der Waals surface area contributed by atoms with Crippen molar-refractivity contribution in [1.29, 1.82) is 0 Å². The van der Waals surface area contributed by atoms with Crippen molar-refractivity contribution >= 4 is 17.6 Å². The molecular formula is C26H27N3O4. The molecule has 170 valence electrons. The Bertz CT molecular complexity index is 1120. The standard InChI is InChI=1S/C26H27N3O4/c1-33-23-5-3-2-4-20(23)27-26(32)28-14-21-25(22(16-30)29(21)24(31)15-28)19-12-10-18(11-13-19)9-8-17-6-7-17/h2-5,10-13,17,21-22,25,30H,6-7,14-16H2,1H3,(H,27,32)/t21-,22+,25-/m1/s1. The van der Waals surface area contributed by atoms with Gasteiger partial charge in [-0.05, 0) is 42.7 Å². The number of amides is 3. The molecule has 3 aliphatic rings.